The molecular formula is C21H24N2O3S. The Morgan fingerprint density at radius 1 is 1.26 bits per heavy atom. The molecule has 0 saturated carbocycles. The standard InChI is InChI=1S/C21H24N2O3S/c1-4-16(25-5-2)13-26-17-9-6-8-15(12-17)23-20(24)19-14(3)18-10-7-11-22-21(18)27-19/h6-12,16H,4-5,13H2,1-3H3,(H,23,24). The smallest absolute Gasteiger partial charge is 0.266 e. The molecule has 5 nitrogen and oxygen atoms in total. The van der Waals surface area contributed by atoms with Crippen LogP contribution in [-0.2, 0) is 4.74 Å². The molecule has 0 aliphatic carbocycles. The van der Waals surface area contributed by atoms with Gasteiger partial charge >= 0.3 is 0 Å². The lowest BCUT2D eigenvalue weighted by Crippen LogP contribution is -2.20. The molecule has 0 spiro atoms. The molecule has 2 heterocycles. The molecule has 1 N–H and O–H groups in total. The van der Waals surface area contributed by atoms with Gasteiger partial charge in [0, 0.05) is 29.9 Å². The van der Waals surface area contributed by atoms with Crippen molar-refractivity contribution in [3.8, 4) is 5.75 Å². The monoisotopic (exact) mass is 384 g/mol. The summed E-state index contributed by atoms with van der Waals surface area (Å²) in [5, 5.41) is 3.98. The number of ether oxygens (including phenoxy) is 2. The Hall–Kier alpha value is -2.44. The van der Waals surface area contributed by atoms with E-state index in [-0.39, 0.29) is 12.0 Å². The minimum absolute atomic E-state index is 0.0712. The molecule has 0 aliphatic rings. The van der Waals surface area contributed by atoms with Gasteiger partial charge in [-0.05, 0) is 44.0 Å². The van der Waals surface area contributed by atoms with Crippen molar-refractivity contribution in [2.24, 2.45) is 0 Å². The summed E-state index contributed by atoms with van der Waals surface area (Å²) in [6.45, 7) is 7.16. The number of rotatable bonds is 8. The second-order valence-corrected chi connectivity index (χ2v) is 7.19. The average Bonchev–Trinajstić information content (AvgIpc) is 3.02. The maximum absolute atomic E-state index is 12.7. The number of hydrogen-bond acceptors (Lipinski definition) is 5. The van der Waals surface area contributed by atoms with E-state index >= 15 is 0 Å². The number of amides is 1. The molecule has 1 unspecified atom stereocenters. The highest BCUT2D eigenvalue weighted by molar-refractivity contribution is 7.20. The first-order valence-corrected chi connectivity index (χ1v) is 9.94. The van der Waals surface area contributed by atoms with Crippen LogP contribution in [0, 0.1) is 6.92 Å². The van der Waals surface area contributed by atoms with E-state index in [1.54, 1.807) is 6.20 Å². The number of aryl methyl sites for hydroxylation is 1. The summed E-state index contributed by atoms with van der Waals surface area (Å²) in [5.74, 6) is 0.578. The van der Waals surface area contributed by atoms with Crippen molar-refractivity contribution in [1.82, 2.24) is 4.98 Å². The van der Waals surface area contributed by atoms with Gasteiger partial charge in [-0.15, -0.1) is 11.3 Å². The van der Waals surface area contributed by atoms with Crippen LogP contribution in [0.5, 0.6) is 5.75 Å². The molecule has 1 amide bonds. The van der Waals surface area contributed by atoms with Crippen molar-refractivity contribution in [1.29, 1.82) is 0 Å². The van der Waals surface area contributed by atoms with Crippen molar-refractivity contribution in [3.05, 3.63) is 53.0 Å². The highest BCUT2D eigenvalue weighted by Gasteiger charge is 2.16. The lowest BCUT2D eigenvalue weighted by molar-refractivity contribution is 0.0256. The summed E-state index contributed by atoms with van der Waals surface area (Å²) in [6.07, 6.45) is 2.71. The number of fused-ring (bicyclic) bond motifs is 1. The Morgan fingerprint density at radius 3 is 2.85 bits per heavy atom. The molecule has 142 valence electrons. The summed E-state index contributed by atoms with van der Waals surface area (Å²) in [4.78, 5) is 18.6. The molecule has 0 saturated heterocycles. The molecule has 2 aromatic heterocycles. The molecule has 0 fully saturated rings. The molecule has 0 radical (unpaired) electrons. The van der Waals surface area contributed by atoms with E-state index in [2.05, 4.69) is 17.2 Å². The normalized spacial score (nSPS) is 12.1. The fourth-order valence-electron chi connectivity index (χ4n) is 2.83. The summed E-state index contributed by atoms with van der Waals surface area (Å²) in [6, 6.07) is 11.3. The van der Waals surface area contributed by atoms with Crippen LogP contribution in [0.15, 0.2) is 42.6 Å². The van der Waals surface area contributed by atoms with Crippen molar-refractivity contribution in [3.63, 3.8) is 0 Å². The molecule has 1 atom stereocenters. The van der Waals surface area contributed by atoms with Crippen molar-refractivity contribution >= 4 is 33.1 Å². The van der Waals surface area contributed by atoms with Crippen LogP contribution in [0.1, 0.15) is 35.5 Å². The third-order valence-electron chi connectivity index (χ3n) is 4.31. The van der Waals surface area contributed by atoms with E-state index in [0.717, 1.165) is 22.2 Å². The van der Waals surface area contributed by atoms with Gasteiger partial charge in [0.15, 0.2) is 0 Å². The molecule has 0 aliphatic heterocycles. The molecule has 3 aromatic rings. The summed E-state index contributed by atoms with van der Waals surface area (Å²) in [7, 11) is 0. The second kappa shape index (κ2) is 8.97. The number of carbonyl (C=O) groups is 1. The van der Waals surface area contributed by atoms with Crippen LogP contribution in [-0.4, -0.2) is 30.2 Å². The maximum Gasteiger partial charge on any atom is 0.266 e. The topological polar surface area (TPSA) is 60.5 Å². The van der Waals surface area contributed by atoms with Crippen molar-refractivity contribution in [2.75, 3.05) is 18.5 Å². The fraction of sp³-hybridized carbons (Fsp3) is 0.333. The molecular weight excluding hydrogens is 360 g/mol. The van der Waals surface area contributed by atoms with Crippen LogP contribution < -0.4 is 10.1 Å². The molecule has 27 heavy (non-hydrogen) atoms. The number of benzene rings is 1. The number of pyridine rings is 1. The van der Waals surface area contributed by atoms with Crippen molar-refractivity contribution < 1.29 is 14.3 Å². The number of nitrogens with zero attached hydrogens (tertiary/aromatic N) is 1. The van der Waals surface area contributed by atoms with Gasteiger partial charge in [-0.2, -0.15) is 0 Å². The highest BCUT2D eigenvalue weighted by atomic mass is 32.1. The van der Waals surface area contributed by atoms with Gasteiger partial charge in [0.25, 0.3) is 5.91 Å². The number of anilines is 1. The summed E-state index contributed by atoms with van der Waals surface area (Å²) >= 11 is 1.41. The van der Waals surface area contributed by atoms with E-state index in [4.69, 9.17) is 9.47 Å². The van der Waals surface area contributed by atoms with Gasteiger partial charge < -0.3 is 14.8 Å². The predicted octanol–water partition coefficient (Wildman–Crippen LogP) is 5.05. The third-order valence-corrected chi connectivity index (χ3v) is 5.52. The van der Waals surface area contributed by atoms with Crippen LogP contribution in [0.2, 0.25) is 0 Å². The number of thiophene rings is 1. The number of carbonyl (C=O) groups excluding carboxylic acids is 1. The highest BCUT2D eigenvalue weighted by Crippen LogP contribution is 2.30. The Bertz CT molecular complexity index is 923. The van der Waals surface area contributed by atoms with Gasteiger partial charge in [-0.3, -0.25) is 4.79 Å². The third kappa shape index (κ3) is 4.64. The van der Waals surface area contributed by atoms with Gasteiger partial charge in [0.05, 0.1) is 11.0 Å². The number of nitrogens with one attached hydrogen (secondary N) is 1. The van der Waals surface area contributed by atoms with Gasteiger partial charge in [-0.1, -0.05) is 19.1 Å². The van der Waals surface area contributed by atoms with Gasteiger partial charge in [-0.25, -0.2) is 4.98 Å². The van der Waals surface area contributed by atoms with Gasteiger partial charge in [0.2, 0.25) is 0 Å². The molecule has 0 bridgehead atoms. The van der Waals surface area contributed by atoms with Gasteiger partial charge in [0.1, 0.15) is 17.2 Å². The molecule has 3 rings (SSSR count). The lowest BCUT2D eigenvalue weighted by atomic mass is 10.2. The minimum atomic E-state index is -0.131. The van der Waals surface area contributed by atoms with Crippen LogP contribution >= 0.6 is 11.3 Å². The predicted molar refractivity (Wildman–Crippen MR) is 110 cm³/mol. The molecule has 6 heteroatoms. The number of aromatic nitrogens is 1. The Morgan fingerprint density at radius 2 is 2.11 bits per heavy atom. The fourth-order valence-corrected chi connectivity index (χ4v) is 3.87. The van der Waals surface area contributed by atoms with Crippen LogP contribution in [0.3, 0.4) is 0 Å². The lowest BCUT2D eigenvalue weighted by Gasteiger charge is -2.16. The first kappa shape index (κ1) is 19.3. The summed E-state index contributed by atoms with van der Waals surface area (Å²) < 4.78 is 11.4. The summed E-state index contributed by atoms with van der Waals surface area (Å²) in [5.41, 5.74) is 1.65. The quantitative estimate of drug-likeness (QED) is 0.590. The first-order chi connectivity index (χ1) is 13.1. The minimum Gasteiger partial charge on any atom is -0.491 e. The Kier molecular flexibility index (Phi) is 6.42. The second-order valence-electron chi connectivity index (χ2n) is 6.19. The maximum atomic E-state index is 12.7. The van der Waals surface area contributed by atoms with E-state index in [1.807, 2.05) is 50.2 Å². The Balaban J connectivity index is 1.70. The van der Waals surface area contributed by atoms with E-state index < -0.39 is 0 Å². The van der Waals surface area contributed by atoms with Crippen LogP contribution in [0.4, 0.5) is 5.69 Å². The van der Waals surface area contributed by atoms with Crippen LogP contribution in [0.25, 0.3) is 10.2 Å². The zero-order valence-electron chi connectivity index (χ0n) is 15.8. The van der Waals surface area contributed by atoms with E-state index in [0.29, 0.717) is 29.5 Å². The zero-order valence-corrected chi connectivity index (χ0v) is 16.6. The SMILES string of the molecule is CCOC(CC)COc1cccc(NC(=O)c2sc3ncccc3c2C)c1. The largest absolute Gasteiger partial charge is 0.491 e. The van der Waals surface area contributed by atoms with Crippen molar-refractivity contribution in [2.45, 2.75) is 33.3 Å². The van der Waals surface area contributed by atoms with E-state index in [9.17, 15) is 4.79 Å². The van der Waals surface area contributed by atoms with E-state index in [1.165, 1.54) is 11.3 Å². The number of hydrogen-bond donors (Lipinski definition) is 1. The molecule has 1 aromatic carbocycles. The Labute approximate surface area is 163 Å². The average molecular weight is 385 g/mol. The first-order valence-electron chi connectivity index (χ1n) is 9.12. The zero-order chi connectivity index (χ0) is 19.2.